The maximum absolute atomic E-state index is 13.3. The molecule has 0 saturated carbocycles. The number of carbonyl (C=O) groups is 1. The molecule has 1 heterocycles. The van der Waals surface area contributed by atoms with Crippen LogP contribution in [0.2, 0.25) is 0 Å². The summed E-state index contributed by atoms with van der Waals surface area (Å²) in [5, 5.41) is 0. The van der Waals surface area contributed by atoms with Crippen LogP contribution in [0.25, 0.3) is 6.08 Å². The third-order valence-electron chi connectivity index (χ3n) is 4.65. The van der Waals surface area contributed by atoms with Crippen molar-refractivity contribution in [1.29, 1.82) is 0 Å². The number of amidine groups is 1. The predicted octanol–water partition coefficient (Wildman–Crippen LogP) is 4.54. The van der Waals surface area contributed by atoms with E-state index in [1.807, 2.05) is 78.9 Å². The number of rotatable bonds is 5. The number of ether oxygens (including phenoxy) is 2. The fourth-order valence-electron chi connectivity index (χ4n) is 3.20. The number of hydrogen-bond acceptors (Lipinski definition) is 4. The van der Waals surface area contributed by atoms with Gasteiger partial charge in [-0.15, -0.1) is 0 Å². The largest absolute Gasteiger partial charge is 0.497 e. The first-order valence-electron chi connectivity index (χ1n) is 9.18. The first-order chi connectivity index (χ1) is 14.2. The Kier molecular flexibility index (Phi) is 5.12. The zero-order valence-corrected chi connectivity index (χ0v) is 16.2. The number of nitrogens with zero attached hydrogens (tertiary/aromatic N) is 2. The van der Waals surface area contributed by atoms with Crippen LogP contribution in [0.3, 0.4) is 0 Å². The molecule has 3 aromatic carbocycles. The second kappa shape index (κ2) is 8.02. The average Bonchev–Trinajstić information content (AvgIpc) is 3.10. The zero-order chi connectivity index (χ0) is 20.2. The van der Waals surface area contributed by atoms with Gasteiger partial charge in [0.15, 0.2) is 0 Å². The van der Waals surface area contributed by atoms with Crippen molar-refractivity contribution < 1.29 is 14.3 Å². The summed E-state index contributed by atoms with van der Waals surface area (Å²) in [6.07, 6.45) is 1.76. The molecular formula is C24H20N2O3. The summed E-state index contributed by atoms with van der Waals surface area (Å²) >= 11 is 0. The Morgan fingerprint density at radius 1 is 0.828 bits per heavy atom. The van der Waals surface area contributed by atoms with Crippen molar-refractivity contribution in [3.63, 3.8) is 0 Å². The quantitative estimate of drug-likeness (QED) is 0.607. The number of para-hydroxylation sites is 2. The molecule has 0 saturated heterocycles. The first kappa shape index (κ1) is 18.5. The molecule has 0 unspecified atom stereocenters. The molecule has 0 spiro atoms. The van der Waals surface area contributed by atoms with Gasteiger partial charge in [0, 0.05) is 11.1 Å². The van der Waals surface area contributed by atoms with Crippen LogP contribution in [0, 0.1) is 0 Å². The lowest BCUT2D eigenvalue weighted by molar-refractivity contribution is -0.113. The molecule has 5 heteroatoms. The van der Waals surface area contributed by atoms with E-state index in [0.717, 1.165) is 22.6 Å². The molecule has 5 nitrogen and oxygen atoms in total. The summed E-state index contributed by atoms with van der Waals surface area (Å²) in [5.74, 6) is 1.82. The van der Waals surface area contributed by atoms with Gasteiger partial charge in [0.25, 0.3) is 5.91 Å². The highest BCUT2D eigenvalue weighted by Gasteiger charge is 2.32. The molecule has 0 aliphatic carbocycles. The lowest BCUT2D eigenvalue weighted by atomic mass is 10.1. The van der Waals surface area contributed by atoms with Gasteiger partial charge in [-0.3, -0.25) is 9.69 Å². The summed E-state index contributed by atoms with van der Waals surface area (Å²) < 4.78 is 10.7. The van der Waals surface area contributed by atoms with Crippen LogP contribution in [0.5, 0.6) is 11.5 Å². The molecule has 29 heavy (non-hydrogen) atoms. The highest BCUT2D eigenvalue weighted by molar-refractivity contribution is 6.33. The summed E-state index contributed by atoms with van der Waals surface area (Å²) in [6, 6.07) is 24.5. The number of benzene rings is 3. The summed E-state index contributed by atoms with van der Waals surface area (Å²) in [7, 11) is 3.23. The number of hydrogen-bond donors (Lipinski definition) is 0. The smallest absolute Gasteiger partial charge is 0.282 e. The summed E-state index contributed by atoms with van der Waals surface area (Å²) in [4.78, 5) is 19.6. The van der Waals surface area contributed by atoms with E-state index in [0.29, 0.717) is 17.3 Å². The standard InChI is InChI=1S/C24H20N2O3/c1-28-20-14-12-17(13-15-20)23-25-21(16-18-8-6-7-11-22(18)29-2)24(27)26(23)19-9-4-3-5-10-19/h3-16H,1-2H3. The van der Waals surface area contributed by atoms with Crippen molar-refractivity contribution in [2.24, 2.45) is 4.99 Å². The van der Waals surface area contributed by atoms with Crippen molar-refractivity contribution in [3.05, 3.63) is 95.7 Å². The molecule has 4 rings (SSSR count). The van der Waals surface area contributed by atoms with Crippen LogP contribution in [-0.2, 0) is 4.79 Å². The van der Waals surface area contributed by atoms with E-state index in [1.54, 1.807) is 25.2 Å². The minimum atomic E-state index is -0.187. The number of carbonyl (C=O) groups excluding carboxylic acids is 1. The Hall–Kier alpha value is -3.86. The second-order valence-electron chi connectivity index (χ2n) is 6.41. The third-order valence-corrected chi connectivity index (χ3v) is 4.65. The predicted molar refractivity (Wildman–Crippen MR) is 114 cm³/mol. The highest BCUT2D eigenvalue weighted by Crippen LogP contribution is 2.30. The Balaban J connectivity index is 1.82. The van der Waals surface area contributed by atoms with Crippen LogP contribution < -0.4 is 14.4 Å². The van der Waals surface area contributed by atoms with Crippen LogP contribution in [0.4, 0.5) is 5.69 Å². The molecular weight excluding hydrogens is 364 g/mol. The van der Waals surface area contributed by atoms with Crippen molar-refractivity contribution in [2.45, 2.75) is 0 Å². The van der Waals surface area contributed by atoms with E-state index in [2.05, 4.69) is 4.99 Å². The van der Waals surface area contributed by atoms with E-state index >= 15 is 0 Å². The molecule has 0 radical (unpaired) electrons. The number of aliphatic imine (C=N–C) groups is 1. The Labute approximate surface area is 169 Å². The highest BCUT2D eigenvalue weighted by atomic mass is 16.5. The van der Waals surface area contributed by atoms with E-state index in [1.165, 1.54) is 0 Å². The lowest BCUT2D eigenvalue weighted by Gasteiger charge is -2.18. The van der Waals surface area contributed by atoms with Crippen LogP contribution in [0.1, 0.15) is 11.1 Å². The average molecular weight is 384 g/mol. The fourth-order valence-corrected chi connectivity index (χ4v) is 3.20. The number of methoxy groups -OCH3 is 2. The minimum Gasteiger partial charge on any atom is -0.497 e. The van der Waals surface area contributed by atoms with E-state index in [9.17, 15) is 4.79 Å². The first-order valence-corrected chi connectivity index (χ1v) is 9.18. The Morgan fingerprint density at radius 3 is 2.21 bits per heavy atom. The van der Waals surface area contributed by atoms with Crippen LogP contribution >= 0.6 is 0 Å². The SMILES string of the molecule is COc1ccc(C2=NC(=Cc3ccccc3OC)C(=O)N2c2ccccc2)cc1. The van der Waals surface area contributed by atoms with Gasteiger partial charge in [-0.2, -0.15) is 0 Å². The van der Waals surface area contributed by atoms with Gasteiger partial charge in [0.05, 0.1) is 19.9 Å². The maximum Gasteiger partial charge on any atom is 0.282 e. The van der Waals surface area contributed by atoms with Gasteiger partial charge >= 0.3 is 0 Å². The van der Waals surface area contributed by atoms with Crippen molar-refractivity contribution in [3.8, 4) is 11.5 Å². The maximum atomic E-state index is 13.3. The van der Waals surface area contributed by atoms with Crippen molar-refractivity contribution >= 4 is 23.5 Å². The van der Waals surface area contributed by atoms with Crippen LogP contribution in [0.15, 0.2) is 89.6 Å². The molecule has 0 atom stereocenters. The van der Waals surface area contributed by atoms with Gasteiger partial charge in [-0.05, 0) is 48.5 Å². The van der Waals surface area contributed by atoms with Crippen molar-refractivity contribution in [1.82, 2.24) is 0 Å². The topological polar surface area (TPSA) is 51.1 Å². The minimum absolute atomic E-state index is 0.187. The number of anilines is 1. The Morgan fingerprint density at radius 2 is 1.52 bits per heavy atom. The molecule has 0 fully saturated rings. The summed E-state index contributed by atoms with van der Waals surface area (Å²) in [5.41, 5.74) is 2.73. The molecule has 0 bridgehead atoms. The molecule has 3 aromatic rings. The van der Waals surface area contributed by atoms with Gasteiger partial charge in [0.2, 0.25) is 0 Å². The zero-order valence-electron chi connectivity index (χ0n) is 16.2. The summed E-state index contributed by atoms with van der Waals surface area (Å²) in [6.45, 7) is 0. The molecule has 1 aliphatic heterocycles. The van der Waals surface area contributed by atoms with E-state index in [-0.39, 0.29) is 5.91 Å². The van der Waals surface area contributed by atoms with Gasteiger partial charge < -0.3 is 9.47 Å². The van der Waals surface area contributed by atoms with Crippen LogP contribution in [-0.4, -0.2) is 26.0 Å². The normalized spacial score (nSPS) is 14.8. The fraction of sp³-hybridized carbons (Fsp3) is 0.0833. The molecule has 1 aliphatic rings. The molecule has 0 aromatic heterocycles. The van der Waals surface area contributed by atoms with Gasteiger partial charge in [0.1, 0.15) is 23.0 Å². The monoisotopic (exact) mass is 384 g/mol. The third kappa shape index (κ3) is 3.62. The van der Waals surface area contributed by atoms with Gasteiger partial charge in [-0.1, -0.05) is 36.4 Å². The Bertz CT molecular complexity index is 1090. The van der Waals surface area contributed by atoms with E-state index in [4.69, 9.17) is 9.47 Å². The second-order valence-corrected chi connectivity index (χ2v) is 6.41. The lowest BCUT2D eigenvalue weighted by Crippen LogP contribution is -2.32. The molecule has 0 N–H and O–H groups in total. The number of amides is 1. The molecule has 144 valence electrons. The molecule has 1 amide bonds. The van der Waals surface area contributed by atoms with Crippen molar-refractivity contribution in [2.75, 3.05) is 19.1 Å². The van der Waals surface area contributed by atoms with Gasteiger partial charge in [-0.25, -0.2) is 4.99 Å². The van der Waals surface area contributed by atoms with E-state index < -0.39 is 0 Å².